The first-order chi connectivity index (χ1) is 8.91. The molecule has 0 aliphatic carbocycles. The summed E-state index contributed by atoms with van der Waals surface area (Å²) in [6.45, 7) is 6.16. The van der Waals surface area contributed by atoms with Crippen molar-refractivity contribution in [3.63, 3.8) is 0 Å². The Morgan fingerprint density at radius 1 is 0.571 bits per heavy atom. The molecule has 0 aliphatic rings. The van der Waals surface area contributed by atoms with Gasteiger partial charge in [-0.1, -0.05) is 90.4 Å². The van der Waals surface area contributed by atoms with E-state index in [1.54, 1.807) is 0 Å². The van der Waals surface area contributed by atoms with Crippen LogP contribution < -0.4 is 5.73 Å². The maximum absolute atomic E-state index is 4.50. The van der Waals surface area contributed by atoms with Gasteiger partial charge in [-0.2, -0.15) is 6.42 Å². The van der Waals surface area contributed by atoms with Crippen molar-refractivity contribution in [3.05, 3.63) is 21.8 Å². The molecule has 134 valence electrons. The zero-order chi connectivity index (χ0) is 13.9. The van der Waals surface area contributed by atoms with Gasteiger partial charge >= 0.3 is 0 Å². The Bertz CT molecular complexity index is 104. The normalized spacial score (nSPS) is 8.57. The predicted molar refractivity (Wildman–Crippen MR) is 98.6 cm³/mol. The molecule has 0 rings (SSSR count). The second-order valence-corrected chi connectivity index (χ2v) is 5.10. The van der Waals surface area contributed by atoms with E-state index < -0.39 is 0 Å². The van der Waals surface area contributed by atoms with Gasteiger partial charge in [-0.05, 0) is 7.05 Å². The van der Waals surface area contributed by atoms with E-state index in [0.717, 1.165) is 6.42 Å². The first-order valence-electron chi connectivity index (χ1n) is 8.28. The van der Waals surface area contributed by atoms with Crippen LogP contribution in [0.2, 0.25) is 0 Å². The van der Waals surface area contributed by atoms with Gasteiger partial charge in [0, 0.05) is 21.1 Å². The molecule has 0 aromatic rings. The third-order valence-corrected chi connectivity index (χ3v) is 3.35. The summed E-state index contributed by atoms with van der Waals surface area (Å²) in [6.07, 6.45) is 19.8. The standard InChI is InChI=1S/C16H33.CH5N.2CH3.W/c1-3-5-7-9-11-13-15-16-14-12-10-8-6-4-2;1-2;;;/h1,3-16H2,2H3;2H2,1H3;2*1H3;/q-1;;2*-1;. The number of unbranched alkanes of at least 4 members (excludes halogenated alkanes) is 13. The average Bonchev–Trinajstić information content (AvgIpc) is 2.42. The summed E-state index contributed by atoms with van der Waals surface area (Å²) in [7, 11) is 1.50. The van der Waals surface area contributed by atoms with E-state index in [0.29, 0.717) is 0 Å². The Hall–Kier alpha value is 0.648. The third-order valence-electron chi connectivity index (χ3n) is 3.35. The van der Waals surface area contributed by atoms with Gasteiger partial charge in [-0.3, -0.25) is 0 Å². The van der Waals surface area contributed by atoms with E-state index in [9.17, 15) is 0 Å². The molecular formula is C19H44NW-3. The van der Waals surface area contributed by atoms with Gasteiger partial charge in [-0.25, -0.2) is 0 Å². The average molecular weight is 470 g/mol. The predicted octanol–water partition coefficient (Wildman–Crippen LogP) is 6.77. The van der Waals surface area contributed by atoms with Crippen LogP contribution in [-0.2, 0) is 21.1 Å². The van der Waals surface area contributed by atoms with Crippen molar-refractivity contribution in [1.82, 2.24) is 0 Å². The summed E-state index contributed by atoms with van der Waals surface area (Å²) in [5.41, 5.74) is 4.50. The van der Waals surface area contributed by atoms with E-state index in [4.69, 9.17) is 0 Å². The molecule has 0 bridgehead atoms. The summed E-state index contributed by atoms with van der Waals surface area (Å²) in [6, 6.07) is 0. The SMILES string of the molecule is CN.[CH2-]CCCCCCCCCCCCCCC.[CH3-].[CH3-].[W]. The molecule has 0 radical (unpaired) electrons. The summed E-state index contributed by atoms with van der Waals surface area (Å²) >= 11 is 0. The van der Waals surface area contributed by atoms with Crippen molar-refractivity contribution in [3.8, 4) is 0 Å². The Labute approximate surface area is 152 Å². The van der Waals surface area contributed by atoms with Crippen molar-refractivity contribution < 1.29 is 21.1 Å². The van der Waals surface area contributed by atoms with Crippen molar-refractivity contribution >= 4 is 0 Å². The molecule has 0 atom stereocenters. The van der Waals surface area contributed by atoms with Gasteiger partial charge in [0.25, 0.3) is 0 Å². The molecule has 0 heterocycles. The fourth-order valence-electron chi connectivity index (χ4n) is 2.19. The van der Waals surface area contributed by atoms with Crippen LogP contribution >= 0.6 is 0 Å². The monoisotopic (exact) mass is 470 g/mol. The quantitative estimate of drug-likeness (QED) is 0.233. The number of hydrogen-bond acceptors (Lipinski definition) is 1. The van der Waals surface area contributed by atoms with Gasteiger partial charge < -0.3 is 27.5 Å². The minimum atomic E-state index is 0. The van der Waals surface area contributed by atoms with Crippen LogP contribution in [0.3, 0.4) is 0 Å². The molecule has 0 fully saturated rings. The topological polar surface area (TPSA) is 26.0 Å². The van der Waals surface area contributed by atoms with Gasteiger partial charge in [0.1, 0.15) is 0 Å². The van der Waals surface area contributed by atoms with Crippen molar-refractivity contribution in [2.75, 3.05) is 7.05 Å². The number of rotatable bonds is 13. The van der Waals surface area contributed by atoms with Crippen LogP contribution in [0.25, 0.3) is 0 Å². The van der Waals surface area contributed by atoms with E-state index in [1.807, 2.05) is 0 Å². The fraction of sp³-hybridized carbons (Fsp3) is 0.842. The zero-order valence-electron chi connectivity index (χ0n) is 15.6. The summed E-state index contributed by atoms with van der Waals surface area (Å²) in [5, 5.41) is 0. The van der Waals surface area contributed by atoms with Crippen LogP contribution in [-0.4, -0.2) is 7.05 Å². The van der Waals surface area contributed by atoms with Crippen molar-refractivity contribution in [2.45, 2.75) is 96.8 Å². The molecule has 0 saturated carbocycles. The summed E-state index contributed by atoms with van der Waals surface area (Å²) in [4.78, 5) is 0. The van der Waals surface area contributed by atoms with Crippen molar-refractivity contribution in [1.29, 1.82) is 0 Å². The van der Waals surface area contributed by atoms with Gasteiger partial charge in [-0.15, -0.1) is 0 Å². The molecule has 0 spiro atoms. The molecule has 2 N–H and O–H groups in total. The minimum Gasteiger partial charge on any atom is -0.358 e. The van der Waals surface area contributed by atoms with E-state index in [2.05, 4.69) is 19.6 Å². The first-order valence-corrected chi connectivity index (χ1v) is 8.28. The molecule has 2 heteroatoms. The van der Waals surface area contributed by atoms with Gasteiger partial charge in [0.05, 0.1) is 0 Å². The third kappa shape index (κ3) is 38.5. The molecule has 0 aliphatic heterocycles. The van der Waals surface area contributed by atoms with Crippen LogP contribution in [0.4, 0.5) is 0 Å². The van der Waals surface area contributed by atoms with E-state index in [-0.39, 0.29) is 35.9 Å². The zero-order valence-corrected chi connectivity index (χ0v) is 18.5. The largest absolute Gasteiger partial charge is 0.358 e. The first kappa shape index (κ1) is 33.3. The maximum atomic E-state index is 4.50. The van der Waals surface area contributed by atoms with Crippen LogP contribution in [0.15, 0.2) is 0 Å². The second kappa shape index (κ2) is 37.2. The van der Waals surface area contributed by atoms with Gasteiger partial charge in [0.2, 0.25) is 0 Å². The van der Waals surface area contributed by atoms with Crippen LogP contribution in [0, 0.1) is 21.8 Å². The number of nitrogens with two attached hydrogens (primary N) is 1. The Morgan fingerprint density at radius 2 is 0.810 bits per heavy atom. The second-order valence-electron chi connectivity index (χ2n) is 5.10. The van der Waals surface area contributed by atoms with Crippen molar-refractivity contribution in [2.24, 2.45) is 5.73 Å². The molecule has 1 nitrogen and oxygen atoms in total. The van der Waals surface area contributed by atoms with Crippen LogP contribution in [0.1, 0.15) is 96.8 Å². The molecule has 21 heavy (non-hydrogen) atoms. The number of hydrogen-bond donors (Lipinski definition) is 1. The van der Waals surface area contributed by atoms with Crippen LogP contribution in [0.5, 0.6) is 0 Å². The molecule has 0 aromatic heterocycles. The Balaban J connectivity index is -0.000000163. The Kier molecular flexibility index (Phi) is 58.9. The smallest absolute Gasteiger partial charge is 0 e. The molecule has 0 amide bonds. The minimum absolute atomic E-state index is 0. The molecule has 0 unspecified atom stereocenters. The summed E-state index contributed by atoms with van der Waals surface area (Å²) in [5.74, 6) is 0. The van der Waals surface area contributed by atoms with E-state index in [1.165, 1.54) is 90.5 Å². The molecular weight excluding hydrogens is 426 g/mol. The fourth-order valence-corrected chi connectivity index (χ4v) is 2.19. The Morgan fingerprint density at radius 3 is 1.05 bits per heavy atom. The van der Waals surface area contributed by atoms with Gasteiger partial charge in [0.15, 0.2) is 0 Å². The summed E-state index contributed by atoms with van der Waals surface area (Å²) < 4.78 is 0. The van der Waals surface area contributed by atoms with E-state index >= 15 is 0 Å². The maximum Gasteiger partial charge on any atom is 0 e. The molecule has 0 saturated heterocycles. The molecule has 0 aromatic carbocycles.